The minimum atomic E-state index is 1.01. The molecule has 0 saturated carbocycles. The van der Waals surface area contributed by atoms with Crippen molar-refractivity contribution >= 4 is 22.6 Å². The smallest absolute Gasteiger partial charge is 0.0709 e. The molecule has 0 saturated heterocycles. The quantitative estimate of drug-likeness (QED) is 0.587. The molecule has 92 valence electrons. The Balaban J connectivity index is 2.03. The summed E-state index contributed by atoms with van der Waals surface area (Å²) in [6.07, 6.45) is 0. The third-order valence-corrected chi connectivity index (χ3v) is 3.68. The number of pyridine rings is 1. The van der Waals surface area contributed by atoms with Crippen molar-refractivity contribution in [3.05, 3.63) is 76.4 Å². The van der Waals surface area contributed by atoms with Crippen molar-refractivity contribution in [2.45, 2.75) is 0 Å². The Labute approximate surface area is 126 Å². The van der Waals surface area contributed by atoms with Gasteiger partial charge in [-0.3, -0.25) is 0 Å². The molecule has 0 unspecified atom stereocenters. The van der Waals surface area contributed by atoms with E-state index in [0.29, 0.717) is 0 Å². The Morgan fingerprint density at radius 3 is 1.79 bits per heavy atom. The summed E-state index contributed by atoms with van der Waals surface area (Å²) in [7, 11) is 0. The van der Waals surface area contributed by atoms with E-state index in [1.165, 1.54) is 3.57 Å². The molecule has 0 aliphatic carbocycles. The van der Waals surface area contributed by atoms with Crippen molar-refractivity contribution in [2.75, 3.05) is 0 Å². The first-order valence-corrected chi connectivity index (χ1v) is 7.19. The van der Waals surface area contributed by atoms with Crippen molar-refractivity contribution in [1.29, 1.82) is 0 Å². The third kappa shape index (κ3) is 2.84. The van der Waals surface area contributed by atoms with E-state index >= 15 is 0 Å². The number of nitrogens with zero attached hydrogens (tertiary/aromatic N) is 1. The first-order chi connectivity index (χ1) is 9.33. The Bertz CT molecular complexity index is 675. The molecule has 3 aromatic rings. The van der Waals surface area contributed by atoms with Gasteiger partial charge in [0.2, 0.25) is 0 Å². The monoisotopic (exact) mass is 357 g/mol. The molecule has 0 atom stereocenters. The maximum absolute atomic E-state index is 4.74. The lowest BCUT2D eigenvalue weighted by molar-refractivity contribution is 1.32. The van der Waals surface area contributed by atoms with Crippen LogP contribution in [0, 0.1) is 3.57 Å². The van der Waals surface area contributed by atoms with E-state index in [4.69, 9.17) is 4.98 Å². The fourth-order valence-electron chi connectivity index (χ4n) is 1.99. The predicted molar refractivity (Wildman–Crippen MR) is 87.8 cm³/mol. The summed E-state index contributed by atoms with van der Waals surface area (Å²) < 4.78 is 1.24. The molecular formula is C17H12IN. The van der Waals surface area contributed by atoms with Crippen molar-refractivity contribution in [3.8, 4) is 22.5 Å². The zero-order valence-corrected chi connectivity index (χ0v) is 12.4. The molecule has 0 bridgehead atoms. The van der Waals surface area contributed by atoms with Gasteiger partial charge in [0.15, 0.2) is 0 Å². The van der Waals surface area contributed by atoms with Crippen LogP contribution in [0.5, 0.6) is 0 Å². The molecular weight excluding hydrogens is 345 g/mol. The highest BCUT2D eigenvalue weighted by Crippen LogP contribution is 2.22. The number of rotatable bonds is 2. The molecule has 1 nitrogen and oxygen atoms in total. The van der Waals surface area contributed by atoms with Gasteiger partial charge in [-0.2, -0.15) is 0 Å². The van der Waals surface area contributed by atoms with Crippen LogP contribution >= 0.6 is 22.6 Å². The molecule has 0 aliphatic rings. The molecule has 2 aromatic carbocycles. The van der Waals surface area contributed by atoms with Crippen LogP contribution < -0.4 is 0 Å². The highest BCUT2D eigenvalue weighted by atomic mass is 127. The minimum Gasteiger partial charge on any atom is -0.248 e. The SMILES string of the molecule is Ic1ccc(-c2cccc(-c3ccccc3)n2)cc1. The standard InChI is InChI=1S/C17H12IN/c18-15-11-9-14(10-12-15)17-8-4-7-16(19-17)13-5-2-1-3-6-13/h1-12H. The summed E-state index contributed by atoms with van der Waals surface area (Å²) in [6.45, 7) is 0. The Kier molecular flexibility index (Phi) is 3.60. The molecule has 3 rings (SSSR count). The second kappa shape index (κ2) is 5.53. The van der Waals surface area contributed by atoms with Gasteiger partial charge in [0, 0.05) is 14.7 Å². The van der Waals surface area contributed by atoms with Crippen LogP contribution in [0.25, 0.3) is 22.5 Å². The van der Waals surface area contributed by atoms with Crippen LogP contribution in [0.1, 0.15) is 0 Å². The van der Waals surface area contributed by atoms with E-state index in [1.54, 1.807) is 0 Å². The van der Waals surface area contributed by atoms with E-state index in [0.717, 1.165) is 22.5 Å². The van der Waals surface area contributed by atoms with Gasteiger partial charge in [0.1, 0.15) is 0 Å². The lowest BCUT2D eigenvalue weighted by Gasteiger charge is -2.05. The third-order valence-electron chi connectivity index (χ3n) is 2.96. The summed E-state index contributed by atoms with van der Waals surface area (Å²) >= 11 is 2.31. The van der Waals surface area contributed by atoms with Crippen molar-refractivity contribution in [1.82, 2.24) is 4.98 Å². The van der Waals surface area contributed by atoms with Gasteiger partial charge in [-0.05, 0) is 46.9 Å². The lowest BCUT2D eigenvalue weighted by Crippen LogP contribution is -1.87. The second-order valence-corrected chi connectivity index (χ2v) is 5.53. The highest BCUT2D eigenvalue weighted by Gasteiger charge is 2.02. The molecule has 0 radical (unpaired) electrons. The maximum atomic E-state index is 4.74. The molecule has 1 aromatic heterocycles. The van der Waals surface area contributed by atoms with Gasteiger partial charge in [0.05, 0.1) is 11.4 Å². The first-order valence-electron chi connectivity index (χ1n) is 6.11. The number of benzene rings is 2. The van der Waals surface area contributed by atoms with Gasteiger partial charge in [-0.15, -0.1) is 0 Å². The number of aromatic nitrogens is 1. The van der Waals surface area contributed by atoms with Gasteiger partial charge >= 0.3 is 0 Å². The normalized spacial score (nSPS) is 10.4. The molecule has 0 amide bonds. The summed E-state index contributed by atoms with van der Waals surface area (Å²) in [5, 5.41) is 0. The Hall–Kier alpha value is -1.68. The van der Waals surface area contributed by atoms with E-state index in [1.807, 2.05) is 24.3 Å². The number of hydrogen-bond donors (Lipinski definition) is 0. The molecule has 19 heavy (non-hydrogen) atoms. The minimum absolute atomic E-state index is 1.01. The number of halogens is 1. The van der Waals surface area contributed by atoms with Crippen LogP contribution in [-0.2, 0) is 0 Å². The highest BCUT2D eigenvalue weighted by molar-refractivity contribution is 14.1. The van der Waals surface area contributed by atoms with Crippen LogP contribution in [0.2, 0.25) is 0 Å². The van der Waals surface area contributed by atoms with Crippen molar-refractivity contribution < 1.29 is 0 Å². The molecule has 0 spiro atoms. The topological polar surface area (TPSA) is 12.9 Å². The zero-order valence-electron chi connectivity index (χ0n) is 10.3. The van der Waals surface area contributed by atoms with Crippen molar-refractivity contribution in [2.24, 2.45) is 0 Å². The van der Waals surface area contributed by atoms with Gasteiger partial charge in [-0.25, -0.2) is 4.98 Å². The number of hydrogen-bond acceptors (Lipinski definition) is 1. The predicted octanol–water partition coefficient (Wildman–Crippen LogP) is 5.02. The van der Waals surface area contributed by atoms with E-state index in [-0.39, 0.29) is 0 Å². The van der Waals surface area contributed by atoms with E-state index < -0.39 is 0 Å². The molecule has 2 heteroatoms. The van der Waals surface area contributed by atoms with E-state index in [9.17, 15) is 0 Å². The average molecular weight is 357 g/mol. The van der Waals surface area contributed by atoms with Crippen molar-refractivity contribution in [3.63, 3.8) is 0 Å². The van der Waals surface area contributed by atoms with Crippen LogP contribution in [-0.4, -0.2) is 4.98 Å². The van der Waals surface area contributed by atoms with Crippen LogP contribution in [0.3, 0.4) is 0 Å². The summed E-state index contributed by atoms with van der Waals surface area (Å²) in [5.74, 6) is 0. The first kappa shape index (κ1) is 12.4. The van der Waals surface area contributed by atoms with Gasteiger partial charge in [-0.1, -0.05) is 48.5 Å². The summed E-state index contributed by atoms with van der Waals surface area (Å²) in [6, 6.07) is 24.8. The largest absolute Gasteiger partial charge is 0.248 e. The molecule has 0 N–H and O–H groups in total. The summed E-state index contributed by atoms with van der Waals surface area (Å²) in [4.78, 5) is 4.74. The van der Waals surface area contributed by atoms with Gasteiger partial charge < -0.3 is 0 Å². The maximum Gasteiger partial charge on any atom is 0.0709 e. The molecule has 1 heterocycles. The molecule has 0 fully saturated rings. The zero-order chi connectivity index (χ0) is 13.1. The lowest BCUT2D eigenvalue weighted by atomic mass is 10.1. The fourth-order valence-corrected chi connectivity index (χ4v) is 2.35. The van der Waals surface area contributed by atoms with Gasteiger partial charge in [0.25, 0.3) is 0 Å². The Morgan fingerprint density at radius 2 is 1.16 bits per heavy atom. The Morgan fingerprint density at radius 1 is 0.579 bits per heavy atom. The van der Waals surface area contributed by atoms with Crippen LogP contribution in [0.4, 0.5) is 0 Å². The molecule has 0 aliphatic heterocycles. The fraction of sp³-hybridized carbons (Fsp3) is 0. The van der Waals surface area contributed by atoms with E-state index in [2.05, 4.69) is 71.1 Å². The summed E-state index contributed by atoms with van der Waals surface area (Å²) in [5.41, 5.74) is 4.32. The second-order valence-electron chi connectivity index (χ2n) is 4.28. The average Bonchev–Trinajstić information content (AvgIpc) is 2.49. The van der Waals surface area contributed by atoms with Crippen LogP contribution in [0.15, 0.2) is 72.8 Å².